The highest BCUT2D eigenvalue weighted by molar-refractivity contribution is 7.90. The molecule has 1 aliphatic rings. The molecule has 0 bridgehead atoms. The highest BCUT2D eigenvalue weighted by Crippen LogP contribution is 2.03. The molecule has 17 heavy (non-hydrogen) atoms. The maximum absolute atomic E-state index is 11.0. The second-order valence-corrected chi connectivity index (χ2v) is 7.07. The average molecular weight is 263 g/mol. The Bertz CT molecular complexity index is 306. The van der Waals surface area contributed by atoms with E-state index < -0.39 is 9.84 Å². The predicted molar refractivity (Wildman–Crippen MR) is 70.9 cm³/mol. The molecule has 0 aromatic carbocycles. The van der Waals surface area contributed by atoms with Gasteiger partial charge in [0.15, 0.2) is 0 Å². The number of rotatable bonds is 6. The van der Waals surface area contributed by atoms with E-state index in [9.17, 15) is 8.42 Å². The first-order valence-electron chi connectivity index (χ1n) is 6.34. The first-order valence-corrected chi connectivity index (χ1v) is 8.40. The van der Waals surface area contributed by atoms with Gasteiger partial charge in [-0.15, -0.1) is 0 Å². The Balaban J connectivity index is 2.22. The number of sulfone groups is 1. The molecule has 0 atom stereocenters. The van der Waals surface area contributed by atoms with E-state index in [0.29, 0.717) is 12.3 Å². The van der Waals surface area contributed by atoms with E-state index in [4.69, 9.17) is 5.73 Å². The Hall–Kier alpha value is -0.170. The third-order valence-corrected chi connectivity index (χ3v) is 4.15. The fraction of sp³-hybridized carbons (Fsp3) is 1.00. The van der Waals surface area contributed by atoms with Crippen molar-refractivity contribution in [3.8, 4) is 0 Å². The Kier molecular flexibility index (Phi) is 6.40. The van der Waals surface area contributed by atoms with E-state index in [1.165, 1.54) is 6.26 Å². The van der Waals surface area contributed by atoms with Crippen molar-refractivity contribution in [3.05, 3.63) is 0 Å². The normalized spacial score (nSPS) is 20.4. The van der Waals surface area contributed by atoms with Crippen LogP contribution in [0.15, 0.2) is 0 Å². The second kappa shape index (κ2) is 7.31. The van der Waals surface area contributed by atoms with Crippen LogP contribution < -0.4 is 5.73 Å². The molecule has 0 aromatic rings. The van der Waals surface area contributed by atoms with Crippen LogP contribution in [0.3, 0.4) is 0 Å². The van der Waals surface area contributed by atoms with E-state index in [1.807, 2.05) is 0 Å². The lowest BCUT2D eigenvalue weighted by atomic mass is 10.3. The molecule has 6 heteroatoms. The molecule has 0 radical (unpaired) electrons. The second-order valence-electron chi connectivity index (χ2n) is 4.81. The molecule has 0 saturated carbocycles. The predicted octanol–water partition coefficient (Wildman–Crippen LogP) is -0.612. The number of hydrogen-bond donors (Lipinski definition) is 1. The van der Waals surface area contributed by atoms with E-state index in [-0.39, 0.29) is 0 Å². The van der Waals surface area contributed by atoms with E-state index in [1.54, 1.807) is 0 Å². The molecule has 1 fully saturated rings. The standard InChI is InChI=1S/C11H25N3O2S/c1-17(15,16)11-3-7-13-5-2-6-14(8-4-12)10-9-13/h2-12H2,1H3. The zero-order valence-corrected chi connectivity index (χ0v) is 11.6. The molecule has 0 unspecified atom stereocenters. The minimum absolute atomic E-state index is 0.302. The summed E-state index contributed by atoms with van der Waals surface area (Å²) in [6.07, 6.45) is 3.20. The average Bonchev–Trinajstić information content (AvgIpc) is 2.43. The van der Waals surface area contributed by atoms with Crippen LogP contribution in [0, 0.1) is 0 Å². The van der Waals surface area contributed by atoms with Gasteiger partial charge in [0.2, 0.25) is 0 Å². The summed E-state index contributed by atoms with van der Waals surface area (Å²) in [6, 6.07) is 0. The first kappa shape index (κ1) is 14.9. The quantitative estimate of drug-likeness (QED) is 0.692. The van der Waals surface area contributed by atoms with Gasteiger partial charge >= 0.3 is 0 Å². The van der Waals surface area contributed by atoms with E-state index in [2.05, 4.69) is 9.80 Å². The topological polar surface area (TPSA) is 66.6 Å². The van der Waals surface area contributed by atoms with Crippen molar-refractivity contribution in [1.29, 1.82) is 0 Å². The Morgan fingerprint density at radius 2 is 1.65 bits per heavy atom. The maximum atomic E-state index is 11.0. The molecule has 0 amide bonds. The van der Waals surface area contributed by atoms with Crippen LogP contribution in [0.4, 0.5) is 0 Å². The summed E-state index contributed by atoms with van der Waals surface area (Å²) in [5, 5.41) is 0. The third-order valence-electron chi connectivity index (χ3n) is 3.12. The molecular formula is C11H25N3O2S. The van der Waals surface area contributed by atoms with Gasteiger partial charge in [-0.25, -0.2) is 8.42 Å². The van der Waals surface area contributed by atoms with E-state index in [0.717, 1.165) is 52.1 Å². The summed E-state index contributed by atoms with van der Waals surface area (Å²) in [5.74, 6) is 0.302. The van der Waals surface area contributed by atoms with Gasteiger partial charge in [0.05, 0.1) is 5.75 Å². The highest BCUT2D eigenvalue weighted by Gasteiger charge is 2.14. The summed E-state index contributed by atoms with van der Waals surface area (Å²) in [5.41, 5.74) is 5.55. The van der Waals surface area contributed by atoms with E-state index >= 15 is 0 Å². The molecule has 1 heterocycles. The Morgan fingerprint density at radius 1 is 1.06 bits per heavy atom. The molecule has 1 saturated heterocycles. The smallest absolute Gasteiger partial charge is 0.147 e. The minimum Gasteiger partial charge on any atom is -0.329 e. The minimum atomic E-state index is -2.81. The lowest BCUT2D eigenvalue weighted by molar-refractivity contribution is 0.260. The lowest BCUT2D eigenvalue weighted by Crippen LogP contribution is -2.34. The maximum Gasteiger partial charge on any atom is 0.147 e. The van der Waals surface area contributed by atoms with Crippen LogP contribution in [0.25, 0.3) is 0 Å². The molecule has 0 spiro atoms. The molecule has 1 rings (SSSR count). The molecule has 2 N–H and O–H groups in total. The number of nitrogens with zero attached hydrogens (tertiary/aromatic N) is 2. The van der Waals surface area contributed by atoms with Crippen molar-refractivity contribution < 1.29 is 8.42 Å². The summed E-state index contributed by atoms with van der Waals surface area (Å²) in [4.78, 5) is 4.75. The van der Waals surface area contributed by atoms with Gasteiger partial charge in [0, 0.05) is 32.4 Å². The third kappa shape index (κ3) is 6.98. The lowest BCUT2D eigenvalue weighted by Gasteiger charge is -2.21. The van der Waals surface area contributed by atoms with Crippen LogP contribution in [0.2, 0.25) is 0 Å². The van der Waals surface area contributed by atoms with Crippen LogP contribution >= 0.6 is 0 Å². The van der Waals surface area contributed by atoms with Crippen molar-refractivity contribution >= 4 is 9.84 Å². The van der Waals surface area contributed by atoms with Crippen molar-refractivity contribution in [2.75, 3.05) is 57.8 Å². The van der Waals surface area contributed by atoms with Crippen molar-refractivity contribution in [1.82, 2.24) is 9.80 Å². The molecule has 5 nitrogen and oxygen atoms in total. The zero-order valence-electron chi connectivity index (χ0n) is 10.8. The Morgan fingerprint density at radius 3 is 2.18 bits per heavy atom. The fourth-order valence-electron chi connectivity index (χ4n) is 2.20. The molecule has 0 aromatic heterocycles. The summed E-state index contributed by atoms with van der Waals surface area (Å²) in [7, 11) is -2.81. The van der Waals surface area contributed by atoms with Gasteiger partial charge in [0.25, 0.3) is 0 Å². The SMILES string of the molecule is CS(=O)(=O)CCCN1CCCN(CCN)CC1. The number of nitrogens with two attached hydrogens (primary N) is 1. The van der Waals surface area contributed by atoms with Crippen molar-refractivity contribution in [2.24, 2.45) is 5.73 Å². The van der Waals surface area contributed by atoms with Crippen LogP contribution in [0.1, 0.15) is 12.8 Å². The van der Waals surface area contributed by atoms with Crippen LogP contribution in [-0.2, 0) is 9.84 Å². The largest absolute Gasteiger partial charge is 0.329 e. The van der Waals surface area contributed by atoms with Gasteiger partial charge in [-0.2, -0.15) is 0 Å². The Labute approximate surface area is 105 Å². The zero-order chi connectivity index (χ0) is 12.7. The van der Waals surface area contributed by atoms with Crippen LogP contribution in [0.5, 0.6) is 0 Å². The highest BCUT2D eigenvalue weighted by atomic mass is 32.2. The summed E-state index contributed by atoms with van der Waals surface area (Å²) >= 11 is 0. The first-order chi connectivity index (χ1) is 8.01. The van der Waals surface area contributed by atoms with Crippen molar-refractivity contribution in [2.45, 2.75) is 12.8 Å². The van der Waals surface area contributed by atoms with Crippen molar-refractivity contribution in [3.63, 3.8) is 0 Å². The van der Waals surface area contributed by atoms with Crippen LogP contribution in [-0.4, -0.2) is 76.0 Å². The van der Waals surface area contributed by atoms with Gasteiger partial charge in [-0.1, -0.05) is 0 Å². The molecular weight excluding hydrogens is 238 g/mol. The number of hydrogen-bond acceptors (Lipinski definition) is 5. The van der Waals surface area contributed by atoms with Gasteiger partial charge in [-0.3, -0.25) is 0 Å². The monoisotopic (exact) mass is 263 g/mol. The molecule has 1 aliphatic heterocycles. The fourth-order valence-corrected chi connectivity index (χ4v) is 2.86. The van der Waals surface area contributed by atoms with Gasteiger partial charge < -0.3 is 15.5 Å². The van der Waals surface area contributed by atoms with Gasteiger partial charge in [-0.05, 0) is 32.5 Å². The summed E-state index contributed by atoms with van der Waals surface area (Å²) in [6.45, 7) is 6.85. The summed E-state index contributed by atoms with van der Waals surface area (Å²) < 4.78 is 22.1. The van der Waals surface area contributed by atoms with Gasteiger partial charge in [0.1, 0.15) is 9.84 Å². The molecule has 102 valence electrons. The molecule has 0 aliphatic carbocycles.